The van der Waals surface area contributed by atoms with E-state index in [1.807, 2.05) is 7.05 Å². The predicted molar refractivity (Wildman–Crippen MR) is 64.0 cm³/mol. The summed E-state index contributed by atoms with van der Waals surface area (Å²) in [5.41, 5.74) is 0. The van der Waals surface area contributed by atoms with Crippen LogP contribution in [0.4, 0.5) is 5.95 Å². The molecule has 1 fully saturated rings. The summed E-state index contributed by atoms with van der Waals surface area (Å²) < 4.78 is 0. The first kappa shape index (κ1) is 12.5. The molecule has 2 rings (SSSR count). The topological polar surface area (TPSA) is 41.1 Å². The summed E-state index contributed by atoms with van der Waals surface area (Å²) in [7, 11) is 2.01. The van der Waals surface area contributed by atoms with Gasteiger partial charge in [-0.1, -0.05) is 11.6 Å². The molecule has 0 aliphatic carbocycles. The van der Waals surface area contributed by atoms with Crippen LogP contribution in [0.3, 0.4) is 0 Å². The van der Waals surface area contributed by atoms with E-state index < -0.39 is 0 Å². The molecule has 1 aliphatic rings. The number of rotatable bonds is 2. The minimum Gasteiger partial charge on any atom is -0.340 e. The Morgan fingerprint density at radius 2 is 2.13 bits per heavy atom. The SMILES string of the molecule is CN(c1ncc(Cl)cn1)C1CCNC1.Cl. The van der Waals surface area contributed by atoms with Crippen LogP contribution in [0.1, 0.15) is 6.42 Å². The second-order valence-electron chi connectivity index (χ2n) is 3.46. The number of hydrogen-bond acceptors (Lipinski definition) is 4. The molecule has 1 saturated heterocycles. The van der Waals surface area contributed by atoms with Crippen LogP contribution in [0.15, 0.2) is 12.4 Å². The second-order valence-corrected chi connectivity index (χ2v) is 3.90. The molecular weight excluding hydrogens is 235 g/mol. The van der Waals surface area contributed by atoms with Gasteiger partial charge in [0, 0.05) is 19.6 Å². The molecule has 1 N–H and O–H groups in total. The highest BCUT2D eigenvalue weighted by Crippen LogP contribution is 2.14. The maximum atomic E-state index is 5.72. The van der Waals surface area contributed by atoms with Gasteiger partial charge in [0.2, 0.25) is 5.95 Å². The van der Waals surface area contributed by atoms with Crippen molar-refractivity contribution in [2.24, 2.45) is 0 Å². The number of likely N-dealkylation sites (N-methyl/N-ethyl adjacent to an activating group) is 1. The summed E-state index contributed by atoms with van der Waals surface area (Å²) in [6.07, 6.45) is 4.40. The molecule has 0 radical (unpaired) electrons. The predicted octanol–water partition coefficient (Wildman–Crippen LogP) is 1.35. The maximum absolute atomic E-state index is 5.72. The molecule has 0 saturated carbocycles. The zero-order valence-electron chi connectivity index (χ0n) is 8.48. The van der Waals surface area contributed by atoms with Crippen molar-refractivity contribution in [2.75, 3.05) is 25.0 Å². The van der Waals surface area contributed by atoms with Gasteiger partial charge < -0.3 is 10.2 Å². The van der Waals surface area contributed by atoms with Gasteiger partial charge >= 0.3 is 0 Å². The van der Waals surface area contributed by atoms with Crippen molar-refractivity contribution in [3.63, 3.8) is 0 Å². The molecule has 4 nitrogen and oxygen atoms in total. The van der Waals surface area contributed by atoms with Gasteiger partial charge in [-0.2, -0.15) is 0 Å². The Morgan fingerprint density at radius 3 is 2.67 bits per heavy atom. The highest BCUT2D eigenvalue weighted by atomic mass is 35.5. The van der Waals surface area contributed by atoms with E-state index in [9.17, 15) is 0 Å². The largest absolute Gasteiger partial charge is 0.340 e. The van der Waals surface area contributed by atoms with E-state index >= 15 is 0 Å². The Morgan fingerprint density at radius 1 is 1.47 bits per heavy atom. The number of nitrogens with one attached hydrogen (secondary N) is 1. The van der Waals surface area contributed by atoms with Crippen molar-refractivity contribution < 1.29 is 0 Å². The third kappa shape index (κ3) is 2.93. The molecule has 0 bridgehead atoms. The lowest BCUT2D eigenvalue weighted by atomic mass is 10.2. The highest BCUT2D eigenvalue weighted by molar-refractivity contribution is 6.30. The number of aromatic nitrogens is 2. The smallest absolute Gasteiger partial charge is 0.225 e. The average Bonchev–Trinajstić information content (AvgIpc) is 2.71. The molecule has 15 heavy (non-hydrogen) atoms. The van der Waals surface area contributed by atoms with E-state index in [0.717, 1.165) is 25.5 Å². The highest BCUT2D eigenvalue weighted by Gasteiger charge is 2.20. The summed E-state index contributed by atoms with van der Waals surface area (Å²) in [5.74, 6) is 0.739. The first-order valence-electron chi connectivity index (χ1n) is 4.68. The number of hydrogen-bond donors (Lipinski definition) is 1. The average molecular weight is 249 g/mol. The van der Waals surface area contributed by atoms with Crippen molar-refractivity contribution in [1.29, 1.82) is 0 Å². The maximum Gasteiger partial charge on any atom is 0.225 e. The molecule has 6 heteroatoms. The minimum absolute atomic E-state index is 0. The Bertz CT molecular complexity index is 297. The van der Waals surface area contributed by atoms with Crippen LogP contribution >= 0.6 is 24.0 Å². The summed E-state index contributed by atoms with van der Waals surface area (Å²) in [4.78, 5) is 10.4. The van der Waals surface area contributed by atoms with Gasteiger partial charge in [0.1, 0.15) is 0 Å². The molecule has 0 spiro atoms. The Hall–Kier alpha value is -0.580. The van der Waals surface area contributed by atoms with Crippen LogP contribution in [-0.2, 0) is 0 Å². The van der Waals surface area contributed by atoms with E-state index in [2.05, 4.69) is 20.2 Å². The number of anilines is 1. The van der Waals surface area contributed by atoms with Crippen LogP contribution in [0.25, 0.3) is 0 Å². The summed E-state index contributed by atoms with van der Waals surface area (Å²) in [5, 5.41) is 3.89. The van der Waals surface area contributed by atoms with Crippen molar-refractivity contribution in [2.45, 2.75) is 12.5 Å². The van der Waals surface area contributed by atoms with Crippen LogP contribution in [0.5, 0.6) is 0 Å². The van der Waals surface area contributed by atoms with Crippen molar-refractivity contribution in [3.8, 4) is 0 Å². The third-order valence-electron chi connectivity index (χ3n) is 2.50. The third-order valence-corrected chi connectivity index (χ3v) is 2.70. The molecule has 2 heterocycles. The quantitative estimate of drug-likeness (QED) is 0.859. The van der Waals surface area contributed by atoms with E-state index in [4.69, 9.17) is 11.6 Å². The molecule has 1 aliphatic heterocycles. The fraction of sp³-hybridized carbons (Fsp3) is 0.556. The Labute approximate surface area is 100 Å². The van der Waals surface area contributed by atoms with Gasteiger partial charge in [-0.25, -0.2) is 9.97 Å². The van der Waals surface area contributed by atoms with Crippen molar-refractivity contribution in [1.82, 2.24) is 15.3 Å². The van der Waals surface area contributed by atoms with E-state index in [-0.39, 0.29) is 12.4 Å². The van der Waals surface area contributed by atoms with Crippen LogP contribution in [0, 0.1) is 0 Å². The van der Waals surface area contributed by atoms with Gasteiger partial charge in [-0.05, 0) is 13.0 Å². The normalized spacial score (nSPS) is 19.7. The fourth-order valence-electron chi connectivity index (χ4n) is 1.62. The first-order valence-corrected chi connectivity index (χ1v) is 5.06. The molecule has 1 aromatic rings. The molecule has 0 amide bonds. The van der Waals surface area contributed by atoms with E-state index in [1.54, 1.807) is 12.4 Å². The van der Waals surface area contributed by atoms with E-state index in [0.29, 0.717) is 11.1 Å². The summed E-state index contributed by atoms with van der Waals surface area (Å²) in [6, 6.07) is 0.496. The Kier molecular flexibility index (Phi) is 4.57. The van der Waals surface area contributed by atoms with Crippen molar-refractivity contribution >= 4 is 30.0 Å². The van der Waals surface area contributed by atoms with Gasteiger partial charge in [0.05, 0.1) is 17.4 Å². The number of nitrogens with zero attached hydrogens (tertiary/aromatic N) is 3. The zero-order valence-corrected chi connectivity index (χ0v) is 10.1. The first-order chi connectivity index (χ1) is 6.77. The monoisotopic (exact) mass is 248 g/mol. The van der Waals surface area contributed by atoms with Crippen LogP contribution in [-0.4, -0.2) is 36.1 Å². The lowest BCUT2D eigenvalue weighted by Gasteiger charge is -2.23. The fourth-order valence-corrected chi connectivity index (χ4v) is 1.72. The van der Waals surface area contributed by atoms with E-state index in [1.165, 1.54) is 0 Å². The van der Waals surface area contributed by atoms with Crippen molar-refractivity contribution in [3.05, 3.63) is 17.4 Å². The standard InChI is InChI=1S/C9H13ClN4.ClH/c1-14(8-2-3-11-6-8)9-12-4-7(10)5-13-9;/h4-5,8,11H,2-3,6H2,1H3;1H. The molecule has 1 aromatic heterocycles. The van der Waals surface area contributed by atoms with Crippen LogP contribution in [0.2, 0.25) is 5.02 Å². The molecule has 0 aromatic carbocycles. The zero-order chi connectivity index (χ0) is 9.97. The minimum atomic E-state index is 0. The molecule has 1 atom stereocenters. The Balaban J connectivity index is 0.00000112. The second kappa shape index (κ2) is 5.49. The summed E-state index contributed by atoms with van der Waals surface area (Å²) in [6.45, 7) is 2.07. The molecular formula is C9H14Cl2N4. The van der Waals surface area contributed by atoms with Gasteiger partial charge in [0.15, 0.2) is 0 Å². The molecule has 84 valence electrons. The van der Waals surface area contributed by atoms with Gasteiger partial charge in [-0.15, -0.1) is 12.4 Å². The number of halogens is 2. The summed E-state index contributed by atoms with van der Waals surface area (Å²) >= 11 is 5.72. The van der Waals surface area contributed by atoms with Gasteiger partial charge in [-0.3, -0.25) is 0 Å². The lowest BCUT2D eigenvalue weighted by molar-refractivity contribution is 0.668. The lowest BCUT2D eigenvalue weighted by Crippen LogP contribution is -2.34. The van der Waals surface area contributed by atoms with Crippen LogP contribution < -0.4 is 10.2 Å². The molecule has 1 unspecified atom stereocenters. The van der Waals surface area contributed by atoms with Gasteiger partial charge in [0.25, 0.3) is 0 Å².